The number of esters is 4. The second-order valence-corrected chi connectivity index (χ2v) is 10.5. The van der Waals surface area contributed by atoms with Gasteiger partial charge in [-0.15, -0.1) is 11.6 Å². The molecule has 1 heterocycles. The van der Waals surface area contributed by atoms with Crippen LogP contribution in [-0.4, -0.2) is 64.9 Å². The zero-order valence-corrected chi connectivity index (χ0v) is 22.1. The van der Waals surface area contributed by atoms with Crippen LogP contribution in [0.5, 0.6) is 0 Å². The quantitative estimate of drug-likeness (QED) is 0.254. The Morgan fingerprint density at radius 1 is 1.08 bits per heavy atom. The Bertz CT molecular complexity index is 974. The molecule has 200 valence electrons. The molecule has 1 saturated carbocycles. The Morgan fingerprint density at radius 2 is 1.61 bits per heavy atom. The number of carbonyl (C=O) groups is 4. The van der Waals surface area contributed by atoms with Gasteiger partial charge < -0.3 is 24.1 Å². The zero-order chi connectivity index (χ0) is 27.0. The van der Waals surface area contributed by atoms with E-state index < -0.39 is 71.1 Å². The molecule has 0 bridgehead atoms. The van der Waals surface area contributed by atoms with Crippen LogP contribution in [0.15, 0.2) is 23.8 Å². The van der Waals surface area contributed by atoms with Gasteiger partial charge in [-0.05, 0) is 38.7 Å². The third-order valence-corrected chi connectivity index (χ3v) is 8.27. The molecule has 8 atom stereocenters. The van der Waals surface area contributed by atoms with Crippen molar-refractivity contribution in [2.24, 2.45) is 17.3 Å². The summed E-state index contributed by atoms with van der Waals surface area (Å²) in [5.74, 6) is -4.26. The van der Waals surface area contributed by atoms with Crippen molar-refractivity contribution < 1.29 is 43.2 Å². The minimum Gasteiger partial charge on any atom is -0.462 e. The molecular weight excluding hydrogens is 492 g/mol. The van der Waals surface area contributed by atoms with Crippen molar-refractivity contribution in [2.45, 2.75) is 90.3 Å². The SMILES string of the molecule is C=C1CC[C@H](OC(C)=O)[C@]2(C)[C@@H](OC(C)=O)CC/C(CCl)=C\[C@@H]3OC(=O)[C@H](C)[C@@]3(O)[C@@H](OC(C)=O)[C@@H]12. The first-order valence-corrected chi connectivity index (χ1v) is 12.7. The molecule has 0 amide bonds. The lowest BCUT2D eigenvalue weighted by atomic mass is 9.55. The van der Waals surface area contributed by atoms with Gasteiger partial charge in [-0.25, -0.2) is 0 Å². The number of aliphatic hydroxyl groups is 1. The maximum atomic E-state index is 12.8. The summed E-state index contributed by atoms with van der Waals surface area (Å²) in [5, 5.41) is 12.2. The van der Waals surface area contributed by atoms with E-state index in [4.69, 9.17) is 30.5 Å². The molecule has 1 aliphatic heterocycles. The molecule has 9 nitrogen and oxygen atoms in total. The van der Waals surface area contributed by atoms with Gasteiger partial charge in [0.25, 0.3) is 0 Å². The third kappa shape index (κ3) is 4.92. The molecule has 0 spiro atoms. The van der Waals surface area contributed by atoms with Crippen molar-refractivity contribution >= 4 is 35.5 Å². The molecule has 0 aromatic heterocycles. The number of ether oxygens (including phenoxy) is 4. The van der Waals surface area contributed by atoms with Crippen molar-refractivity contribution in [3.63, 3.8) is 0 Å². The summed E-state index contributed by atoms with van der Waals surface area (Å²) in [6.07, 6.45) is -1.01. The number of halogens is 1. The first-order valence-electron chi connectivity index (χ1n) is 12.1. The van der Waals surface area contributed by atoms with Gasteiger partial charge in [0, 0.05) is 32.6 Å². The second kappa shape index (κ2) is 10.5. The van der Waals surface area contributed by atoms with Crippen LogP contribution in [0.1, 0.15) is 60.3 Å². The number of carbonyl (C=O) groups excluding carboxylic acids is 4. The third-order valence-electron chi connectivity index (χ3n) is 7.93. The average molecular weight is 527 g/mol. The van der Waals surface area contributed by atoms with E-state index in [1.54, 1.807) is 13.0 Å². The Labute approximate surface area is 216 Å². The fourth-order valence-corrected chi connectivity index (χ4v) is 6.34. The van der Waals surface area contributed by atoms with Crippen LogP contribution < -0.4 is 0 Å². The molecule has 0 unspecified atom stereocenters. The number of hydrogen-bond acceptors (Lipinski definition) is 9. The molecule has 0 aromatic rings. The van der Waals surface area contributed by atoms with Gasteiger partial charge in [0.1, 0.15) is 18.3 Å². The molecule has 0 aromatic carbocycles. The van der Waals surface area contributed by atoms with Crippen LogP contribution in [-0.2, 0) is 38.1 Å². The van der Waals surface area contributed by atoms with Crippen molar-refractivity contribution in [2.75, 3.05) is 5.88 Å². The van der Waals surface area contributed by atoms with E-state index >= 15 is 0 Å². The van der Waals surface area contributed by atoms with Crippen LogP contribution in [0.25, 0.3) is 0 Å². The number of alkyl halides is 1. The Kier molecular flexibility index (Phi) is 8.25. The van der Waals surface area contributed by atoms with Gasteiger partial charge >= 0.3 is 23.9 Å². The molecule has 3 rings (SSSR count). The topological polar surface area (TPSA) is 125 Å². The first kappa shape index (κ1) is 28.2. The molecule has 1 saturated heterocycles. The van der Waals surface area contributed by atoms with Crippen LogP contribution in [0.4, 0.5) is 0 Å². The fraction of sp³-hybridized carbons (Fsp3) is 0.692. The average Bonchev–Trinajstić information content (AvgIpc) is 2.99. The zero-order valence-electron chi connectivity index (χ0n) is 21.4. The summed E-state index contributed by atoms with van der Waals surface area (Å²) in [5.41, 5.74) is -1.90. The highest BCUT2D eigenvalue weighted by Gasteiger charge is 2.67. The standard InChI is InChI=1S/C26H35ClO9/c1-13-7-9-19(33-15(3)28)25(6)20(34-16(4)29)10-8-18(12-27)11-21-26(32,14(2)24(31)36-21)23(22(13)25)35-17(5)30/h11,14,19-23,32H,1,7-10,12H2,2-6H3/b18-11+/t14-,19-,20-,21-,22+,23-,25+,26-/m0/s1. The smallest absolute Gasteiger partial charge is 0.312 e. The van der Waals surface area contributed by atoms with Crippen molar-refractivity contribution in [3.8, 4) is 0 Å². The normalized spacial score (nSPS) is 40.0. The van der Waals surface area contributed by atoms with Gasteiger partial charge in [0.15, 0.2) is 11.7 Å². The lowest BCUT2D eigenvalue weighted by Crippen LogP contribution is -2.65. The highest BCUT2D eigenvalue weighted by Crippen LogP contribution is 2.56. The van der Waals surface area contributed by atoms with E-state index in [0.717, 1.165) is 0 Å². The monoisotopic (exact) mass is 526 g/mol. The maximum Gasteiger partial charge on any atom is 0.312 e. The van der Waals surface area contributed by atoms with E-state index in [1.807, 2.05) is 0 Å². The van der Waals surface area contributed by atoms with E-state index in [-0.39, 0.29) is 5.88 Å². The van der Waals surface area contributed by atoms with Crippen LogP contribution in [0.2, 0.25) is 0 Å². The van der Waals surface area contributed by atoms with Crippen molar-refractivity contribution in [1.82, 2.24) is 0 Å². The molecule has 36 heavy (non-hydrogen) atoms. The number of rotatable bonds is 4. The van der Waals surface area contributed by atoms with Crippen LogP contribution >= 0.6 is 11.6 Å². The molecule has 3 aliphatic rings. The summed E-state index contributed by atoms with van der Waals surface area (Å²) in [6.45, 7) is 11.3. The lowest BCUT2D eigenvalue weighted by Gasteiger charge is -2.55. The molecule has 0 radical (unpaired) electrons. The predicted molar refractivity (Wildman–Crippen MR) is 129 cm³/mol. The predicted octanol–water partition coefficient (Wildman–Crippen LogP) is 3.01. The number of hydrogen-bond donors (Lipinski definition) is 1. The van der Waals surface area contributed by atoms with E-state index in [9.17, 15) is 24.3 Å². The van der Waals surface area contributed by atoms with E-state index in [1.165, 1.54) is 27.7 Å². The summed E-state index contributed by atoms with van der Waals surface area (Å²) in [7, 11) is 0. The van der Waals surface area contributed by atoms with E-state index in [2.05, 4.69) is 6.58 Å². The second-order valence-electron chi connectivity index (χ2n) is 10.2. The number of fused-ring (bicyclic) bond motifs is 2. The fourth-order valence-electron chi connectivity index (χ4n) is 6.12. The van der Waals surface area contributed by atoms with Crippen molar-refractivity contribution in [1.29, 1.82) is 0 Å². The first-order chi connectivity index (χ1) is 16.8. The summed E-state index contributed by atoms with van der Waals surface area (Å²) in [6, 6.07) is 0. The molecule has 1 N–H and O–H groups in total. The van der Waals surface area contributed by atoms with Gasteiger partial charge in [-0.3, -0.25) is 19.2 Å². The van der Waals surface area contributed by atoms with Crippen molar-refractivity contribution in [3.05, 3.63) is 23.8 Å². The minimum atomic E-state index is -1.99. The summed E-state index contributed by atoms with van der Waals surface area (Å²) < 4.78 is 23.0. The van der Waals surface area contributed by atoms with Gasteiger partial charge in [0.2, 0.25) is 0 Å². The largest absolute Gasteiger partial charge is 0.462 e. The highest BCUT2D eigenvalue weighted by atomic mass is 35.5. The summed E-state index contributed by atoms with van der Waals surface area (Å²) in [4.78, 5) is 49.6. The van der Waals surface area contributed by atoms with Gasteiger partial charge in [-0.2, -0.15) is 0 Å². The molecule has 10 heteroatoms. The molecular formula is C26H35ClO9. The Hall–Kier alpha value is -2.39. The minimum absolute atomic E-state index is 0.0732. The van der Waals surface area contributed by atoms with Gasteiger partial charge in [-0.1, -0.05) is 24.6 Å². The van der Waals surface area contributed by atoms with E-state index in [0.29, 0.717) is 36.8 Å². The Morgan fingerprint density at radius 3 is 2.11 bits per heavy atom. The maximum absolute atomic E-state index is 12.8. The highest BCUT2D eigenvalue weighted by molar-refractivity contribution is 6.19. The van der Waals surface area contributed by atoms with Gasteiger partial charge in [0.05, 0.1) is 11.3 Å². The van der Waals surface area contributed by atoms with Crippen LogP contribution in [0.3, 0.4) is 0 Å². The molecule has 2 aliphatic carbocycles. The number of allylic oxidation sites excluding steroid dienone is 1. The van der Waals surface area contributed by atoms with Crippen LogP contribution in [0, 0.1) is 17.3 Å². The molecule has 2 fully saturated rings. The Balaban J connectivity index is 2.35. The summed E-state index contributed by atoms with van der Waals surface area (Å²) >= 11 is 6.21. The lowest BCUT2D eigenvalue weighted by molar-refractivity contribution is -0.219.